The van der Waals surface area contributed by atoms with Crippen molar-refractivity contribution in [2.45, 2.75) is 25.4 Å². The van der Waals surface area contributed by atoms with Crippen molar-refractivity contribution >= 4 is 23.4 Å². The summed E-state index contributed by atoms with van der Waals surface area (Å²) in [6.45, 7) is 3.12. The highest BCUT2D eigenvalue weighted by Crippen LogP contribution is 2.24. The first-order chi connectivity index (χ1) is 9.04. The van der Waals surface area contributed by atoms with E-state index in [0.717, 1.165) is 29.4 Å². The molecular weight excluding hydrogens is 280 g/mol. The Morgan fingerprint density at radius 1 is 1.53 bits per heavy atom. The van der Waals surface area contributed by atoms with Crippen LogP contribution in [0.15, 0.2) is 0 Å². The van der Waals surface area contributed by atoms with Crippen molar-refractivity contribution in [3.63, 3.8) is 0 Å². The monoisotopic (exact) mass is 302 g/mol. The van der Waals surface area contributed by atoms with Crippen LogP contribution in [0.25, 0.3) is 0 Å². The second kappa shape index (κ2) is 6.48. The standard InChI is InChI=1S/C13H23ClN4S/c1-9-13(14)11(18(4)16-9)7-10(15-2)12-8-19-6-5-17(12)3/h10,12,15H,5-8H2,1-4H3. The number of hydrogen-bond acceptors (Lipinski definition) is 4. The molecule has 0 radical (unpaired) electrons. The average Bonchev–Trinajstić information content (AvgIpc) is 2.63. The van der Waals surface area contributed by atoms with Crippen LogP contribution < -0.4 is 5.32 Å². The lowest BCUT2D eigenvalue weighted by atomic mass is 10.0. The predicted octanol–water partition coefficient (Wildman–Crippen LogP) is 1.56. The van der Waals surface area contributed by atoms with Crippen LogP contribution in [0.3, 0.4) is 0 Å². The Bertz CT molecular complexity index is 435. The lowest BCUT2D eigenvalue weighted by molar-refractivity contribution is 0.217. The van der Waals surface area contributed by atoms with Gasteiger partial charge in [0.25, 0.3) is 0 Å². The van der Waals surface area contributed by atoms with Gasteiger partial charge in [0.1, 0.15) is 0 Å². The maximum absolute atomic E-state index is 6.36. The maximum Gasteiger partial charge on any atom is 0.0847 e. The highest BCUT2D eigenvalue weighted by molar-refractivity contribution is 7.99. The number of hydrogen-bond donors (Lipinski definition) is 1. The smallest absolute Gasteiger partial charge is 0.0847 e. The van der Waals surface area contributed by atoms with Crippen LogP contribution in [0.5, 0.6) is 0 Å². The molecule has 1 N–H and O–H groups in total. The number of likely N-dealkylation sites (N-methyl/N-ethyl adjacent to an activating group) is 2. The van der Waals surface area contributed by atoms with Crippen LogP contribution >= 0.6 is 23.4 Å². The minimum atomic E-state index is 0.408. The maximum atomic E-state index is 6.36. The molecule has 0 bridgehead atoms. The Hall–Kier alpha value is -0.230. The Labute approximate surface area is 124 Å². The molecular formula is C13H23ClN4S. The van der Waals surface area contributed by atoms with E-state index < -0.39 is 0 Å². The van der Waals surface area contributed by atoms with Crippen molar-refractivity contribution in [1.29, 1.82) is 0 Å². The van der Waals surface area contributed by atoms with Crippen LogP contribution in [0.4, 0.5) is 0 Å². The van der Waals surface area contributed by atoms with Gasteiger partial charge < -0.3 is 10.2 Å². The van der Waals surface area contributed by atoms with E-state index >= 15 is 0 Å². The van der Waals surface area contributed by atoms with Crippen LogP contribution in [-0.4, -0.2) is 58.9 Å². The highest BCUT2D eigenvalue weighted by Gasteiger charge is 2.28. The molecule has 1 saturated heterocycles. The van der Waals surface area contributed by atoms with E-state index in [9.17, 15) is 0 Å². The largest absolute Gasteiger partial charge is 0.315 e. The van der Waals surface area contributed by atoms with Crippen LogP contribution in [-0.2, 0) is 13.5 Å². The van der Waals surface area contributed by atoms with Crippen molar-refractivity contribution < 1.29 is 0 Å². The number of thioether (sulfide) groups is 1. The molecule has 0 aromatic carbocycles. The van der Waals surface area contributed by atoms with Crippen molar-refractivity contribution in [2.24, 2.45) is 7.05 Å². The van der Waals surface area contributed by atoms with Crippen LogP contribution in [0, 0.1) is 6.92 Å². The second-order valence-electron chi connectivity index (χ2n) is 5.19. The fourth-order valence-electron chi connectivity index (χ4n) is 2.67. The van der Waals surface area contributed by atoms with Crippen molar-refractivity contribution in [3.05, 3.63) is 16.4 Å². The molecule has 0 amide bonds. The third-order valence-corrected chi connectivity index (χ3v) is 5.49. The van der Waals surface area contributed by atoms with Gasteiger partial charge in [0.05, 0.1) is 16.4 Å². The molecule has 2 atom stereocenters. The summed E-state index contributed by atoms with van der Waals surface area (Å²) in [5.41, 5.74) is 2.04. The highest BCUT2D eigenvalue weighted by atomic mass is 35.5. The molecule has 0 saturated carbocycles. The molecule has 0 aliphatic carbocycles. The Morgan fingerprint density at radius 3 is 2.79 bits per heavy atom. The SMILES string of the molecule is CNC(Cc1c(Cl)c(C)nn1C)C1CSCCN1C. The molecule has 2 unspecified atom stereocenters. The summed E-state index contributed by atoms with van der Waals surface area (Å²) in [6.07, 6.45) is 0.919. The van der Waals surface area contributed by atoms with Gasteiger partial charge in [0.2, 0.25) is 0 Å². The Balaban J connectivity index is 2.14. The van der Waals surface area contributed by atoms with E-state index in [1.54, 1.807) is 0 Å². The van der Waals surface area contributed by atoms with Gasteiger partial charge in [-0.3, -0.25) is 4.68 Å². The summed E-state index contributed by atoms with van der Waals surface area (Å²) < 4.78 is 1.91. The van der Waals surface area contributed by atoms with E-state index in [2.05, 4.69) is 22.4 Å². The number of halogens is 1. The minimum Gasteiger partial charge on any atom is -0.315 e. The zero-order chi connectivity index (χ0) is 14.0. The zero-order valence-corrected chi connectivity index (χ0v) is 13.7. The second-order valence-corrected chi connectivity index (χ2v) is 6.72. The summed E-state index contributed by atoms with van der Waals surface area (Å²) in [6, 6.07) is 0.958. The number of rotatable bonds is 4. The van der Waals surface area contributed by atoms with E-state index in [0.29, 0.717) is 12.1 Å². The van der Waals surface area contributed by atoms with Gasteiger partial charge >= 0.3 is 0 Å². The molecule has 0 spiro atoms. The normalized spacial score (nSPS) is 22.7. The van der Waals surface area contributed by atoms with E-state index in [1.165, 1.54) is 11.5 Å². The van der Waals surface area contributed by atoms with Gasteiger partial charge in [0.15, 0.2) is 0 Å². The minimum absolute atomic E-state index is 0.408. The van der Waals surface area contributed by atoms with Gasteiger partial charge in [-0.1, -0.05) is 11.6 Å². The summed E-state index contributed by atoms with van der Waals surface area (Å²) in [5, 5.41) is 8.67. The summed E-state index contributed by atoms with van der Waals surface area (Å²) >= 11 is 8.40. The van der Waals surface area contributed by atoms with E-state index in [4.69, 9.17) is 11.6 Å². The predicted molar refractivity (Wildman–Crippen MR) is 83.2 cm³/mol. The van der Waals surface area contributed by atoms with Crippen molar-refractivity contribution in [1.82, 2.24) is 20.0 Å². The molecule has 1 aliphatic rings. The molecule has 4 nitrogen and oxygen atoms in total. The fraction of sp³-hybridized carbons (Fsp3) is 0.769. The van der Waals surface area contributed by atoms with Crippen molar-refractivity contribution in [2.75, 3.05) is 32.1 Å². The lowest BCUT2D eigenvalue weighted by Crippen LogP contribution is -2.53. The molecule has 19 heavy (non-hydrogen) atoms. The van der Waals surface area contributed by atoms with Gasteiger partial charge in [0, 0.05) is 43.6 Å². The van der Waals surface area contributed by atoms with E-state index in [1.807, 2.05) is 37.5 Å². The molecule has 1 fully saturated rings. The number of nitrogens with zero attached hydrogens (tertiary/aromatic N) is 3. The Morgan fingerprint density at radius 2 is 2.26 bits per heavy atom. The topological polar surface area (TPSA) is 33.1 Å². The third-order valence-electron chi connectivity index (χ3n) is 3.95. The van der Waals surface area contributed by atoms with Crippen LogP contribution in [0.2, 0.25) is 5.02 Å². The molecule has 2 rings (SSSR count). The first kappa shape index (κ1) is 15.2. The van der Waals surface area contributed by atoms with Gasteiger partial charge in [-0.15, -0.1) is 0 Å². The average molecular weight is 303 g/mol. The van der Waals surface area contributed by atoms with Crippen molar-refractivity contribution in [3.8, 4) is 0 Å². The summed E-state index contributed by atoms with van der Waals surface area (Å²) in [7, 11) is 6.22. The van der Waals surface area contributed by atoms with Gasteiger partial charge in [-0.2, -0.15) is 16.9 Å². The molecule has 1 aromatic rings. The first-order valence-corrected chi connectivity index (χ1v) is 8.21. The summed E-state index contributed by atoms with van der Waals surface area (Å²) in [4.78, 5) is 2.45. The first-order valence-electron chi connectivity index (χ1n) is 6.67. The molecule has 1 aromatic heterocycles. The number of aromatic nitrogens is 2. The summed E-state index contributed by atoms with van der Waals surface area (Å²) in [5.74, 6) is 2.41. The number of nitrogens with one attached hydrogen (secondary N) is 1. The fourth-order valence-corrected chi connectivity index (χ4v) is 4.22. The third kappa shape index (κ3) is 3.27. The Kier molecular flexibility index (Phi) is 5.17. The molecule has 108 valence electrons. The van der Waals surface area contributed by atoms with Crippen LogP contribution in [0.1, 0.15) is 11.4 Å². The zero-order valence-electron chi connectivity index (χ0n) is 12.1. The molecule has 1 aliphatic heterocycles. The van der Waals surface area contributed by atoms with E-state index in [-0.39, 0.29) is 0 Å². The molecule has 2 heterocycles. The number of aryl methyl sites for hydroxylation is 2. The lowest BCUT2D eigenvalue weighted by Gasteiger charge is -2.37. The quantitative estimate of drug-likeness (QED) is 0.915. The van der Waals surface area contributed by atoms with Gasteiger partial charge in [-0.25, -0.2) is 0 Å². The molecule has 6 heteroatoms. The van der Waals surface area contributed by atoms with Gasteiger partial charge in [-0.05, 0) is 21.0 Å².